The monoisotopic (exact) mass is 419 g/mol. The van der Waals surface area contributed by atoms with Crippen molar-refractivity contribution in [2.24, 2.45) is 0 Å². The molecule has 0 saturated heterocycles. The highest BCUT2D eigenvalue weighted by Gasteiger charge is 2.31. The lowest BCUT2D eigenvalue weighted by Gasteiger charge is -2.24. The van der Waals surface area contributed by atoms with Crippen LogP contribution in [0, 0.1) is 0 Å². The first-order valence-corrected chi connectivity index (χ1v) is 10.2. The maximum atomic E-state index is 12.8. The van der Waals surface area contributed by atoms with E-state index in [-0.39, 0.29) is 22.7 Å². The number of aromatic nitrogens is 2. The third-order valence-corrected chi connectivity index (χ3v) is 4.97. The fourth-order valence-electron chi connectivity index (χ4n) is 2.59. The van der Waals surface area contributed by atoms with Crippen LogP contribution in [0.3, 0.4) is 0 Å². The Hall–Kier alpha value is -2.40. The molecule has 0 N–H and O–H groups in total. The number of halogens is 3. The number of alkyl halides is 3. The summed E-state index contributed by atoms with van der Waals surface area (Å²) >= 11 is 0. The molecule has 1 aromatic carbocycles. The zero-order chi connectivity index (χ0) is 21.1. The number of benzene rings is 1. The molecular formula is C17H20F3N3O4S. The number of hydrogen-bond donors (Lipinski definition) is 0. The van der Waals surface area contributed by atoms with E-state index in [1.165, 1.54) is 36.4 Å². The van der Waals surface area contributed by atoms with Gasteiger partial charge in [-0.2, -0.15) is 18.3 Å². The molecule has 154 valence electrons. The molecule has 0 atom stereocenters. The topological polar surface area (TPSA) is 81.5 Å². The van der Waals surface area contributed by atoms with Crippen LogP contribution in [0.5, 0.6) is 0 Å². The lowest BCUT2D eigenvalue weighted by Crippen LogP contribution is -2.36. The van der Waals surface area contributed by atoms with E-state index in [1.54, 1.807) is 0 Å². The van der Waals surface area contributed by atoms with Gasteiger partial charge in [0.25, 0.3) is 5.56 Å². The normalized spacial score (nSPS) is 12.2. The summed E-state index contributed by atoms with van der Waals surface area (Å²) in [7, 11) is -2.11. The molecule has 0 saturated carbocycles. The first-order chi connectivity index (χ1) is 13.0. The third-order valence-electron chi connectivity index (χ3n) is 3.84. The third kappa shape index (κ3) is 5.10. The predicted molar refractivity (Wildman–Crippen MR) is 97.7 cm³/mol. The highest BCUT2D eigenvalue weighted by Crippen LogP contribution is 2.29. The Labute approximate surface area is 160 Å². The fraction of sp³-hybridized carbons (Fsp3) is 0.412. The van der Waals surface area contributed by atoms with Crippen molar-refractivity contribution in [3.8, 4) is 11.1 Å². The molecule has 1 heterocycles. The highest BCUT2D eigenvalue weighted by atomic mass is 32.2. The van der Waals surface area contributed by atoms with Crippen LogP contribution in [0.15, 0.2) is 40.2 Å². The number of hydrogen-bond acceptors (Lipinski definition) is 6. The van der Waals surface area contributed by atoms with E-state index >= 15 is 0 Å². The molecule has 7 nitrogen and oxygen atoms in total. The van der Waals surface area contributed by atoms with Gasteiger partial charge in [-0.1, -0.05) is 19.1 Å². The van der Waals surface area contributed by atoms with Gasteiger partial charge in [0, 0.05) is 18.4 Å². The van der Waals surface area contributed by atoms with E-state index < -0.39 is 28.1 Å². The zero-order valence-corrected chi connectivity index (χ0v) is 16.3. The Morgan fingerprint density at radius 2 is 1.82 bits per heavy atom. The Bertz CT molecular complexity index is 986. The minimum Gasteiger partial charge on any atom is -0.277 e. The van der Waals surface area contributed by atoms with Gasteiger partial charge in [-0.25, -0.2) is 18.2 Å². The van der Waals surface area contributed by atoms with E-state index in [4.69, 9.17) is 4.84 Å². The van der Waals surface area contributed by atoms with Crippen molar-refractivity contribution in [3.05, 3.63) is 40.8 Å². The second-order valence-corrected chi connectivity index (χ2v) is 8.08. The van der Waals surface area contributed by atoms with E-state index in [0.717, 1.165) is 12.5 Å². The molecule has 2 aromatic rings. The van der Waals surface area contributed by atoms with Crippen molar-refractivity contribution >= 4 is 15.5 Å². The molecule has 1 aromatic heterocycles. The van der Waals surface area contributed by atoms with Gasteiger partial charge in [-0.3, -0.25) is 9.63 Å². The average Bonchev–Trinajstić information content (AvgIpc) is 2.60. The molecule has 0 aliphatic carbocycles. The Kier molecular flexibility index (Phi) is 6.50. The summed E-state index contributed by atoms with van der Waals surface area (Å²) in [5, 5.41) is 4.84. The summed E-state index contributed by atoms with van der Waals surface area (Å²) in [4.78, 5) is 18.0. The summed E-state index contributed by atoms with van der Waals surface area (Å²) in [6.07, 6.45) is -1.85. The largest absolute Gasteiger partial charge is 0.408 e. The summed E-state index contributed by atoms with van der Waals surface area (Å²) in [6, 6.07) is 5.63. The molecule has 2 rings (SSSR count). The minimum atomic E-state index is -4.62. The van der Waals surface area contributed by atoms with Crippen molar-refractivity contribution in [3.63, 3.8) is 0 Å². The molecular weight excluding hydrogens is 399 g/mol. The van der Waals surface area contributed by atoms with Crippen molar-refractivity contribution < 1.29 is 26.4 Å². The Morgan fingerprint density at radius 3 is 2.29 bits per heavy atom. The van der Waals surface area contributed by atoms with Crippen LogP contribution in [-0.4, -0.2) is 44.3 Å². The van der Waals surface area contributed by atoms with E-state index in [0.29, 0.717) is 16.7 Å². The molecule has 0 aliphatic heterocycles. The molecule has 28 heavy (non-hydrogen) atoms. The fourth-order valence-corrected chi connectivity index (χ4v) is 3.22. The van der Waals surface area contributed by atoms with E-state index in [9.17, 15) is 26.4 Å². The first-order valence-electron chi connectivity index (χ1n) is 8.27. The Morgan fingerprint density at radius 1 is 1.21 bits per heavy atom. The number of hydroxylamine groups is 1. The molecule has 0 spiro atoms. The molecule has 0 bridgehead atoms. The lowest BCUT2D eigenvalue weighted by atomic mass is 10.1. The second kappa shape index (κ2) is 8.31. The average molecular weight is 419 g/mol. The Balaban J connectivity index is 2.66. The van der Waals surface area contributed by atoms with Crippen LogP contribution in [0.1, 0.15) is 13.3 Å². The number of anilines is 1. The van der Waals surface area contributed by atoms with Gasteiger partial charge in [0.15, 0.2) is 9.84 Å². The summed E-state index contributed by atoms with van der Waals surface area (Å²) < 4.78 is 61.8. The van der Waals surface area contributed by atoms with Gasteiger partial charge >= 0.3 is 6.18 Å². The number of nitrogens with zero attached hydrogens (tertiary/aromatic N) is 3. The molecule has 0 unspecified atom stereocenters. The van der Waals surface area contributed by atoms with Gasteiger partial charge in [0.05, 0.1) is 18.2 Å². The van der Waals surface area contributed by atoms with E-state index in [1.807, 2.05) is 6.92 Å². The predicted octanol–water partition coefficient (Wildman–Crippen LogP) is 2.65. The van der Waals surface area contributed by atoms with Crippen LogP contribution >= 0.6 is 0 Å². The maximum Gasteiger partial charge on any atom is 0.408 e. The van der Waals surface area contributed by atoms with Crippen molar-refractivity contribution in [1.82, 2.24) is 9.78 Å². The molecule has 0 fully saturated rings. The quantitative estimate of drug-likeness (QED) is 0.642. The summed E-state index contributed by atoms with van der Waals surface area (Å²) in [5.41, 5.74) is -0.406. The summed E-state index contributed by atoms with van der Waals surface area (Å²) in [6.45, 7) is 0.550. The van der Waals surface area contributed by atoms with Crippen LogP contribution in [0.25, 0.3) is 11.1 Å². The van der Waals surface area contributed by atoms with Crippen LogP contribution in [-0.2, 0) is 21.2 Å². The van der Waals surface area contributed by atoms with Crippen LogP contribution in [0.4, 0.5) is 18.9 Å². The maximum absolute atomic E-state index is 12.8. The standard InChI is InChI=1S/C17H20F3N3O4S/c1-4-9-23(27-2)15-14(10-21-22(16(15)24)11-17(18,19)20)12-5-7-13(8-6-12)28(3,25)26/h5-8,10H,4,9,11H2,1-3H3. The number of rotatable bonds is 7. The smallest absolute Gasteiger partial charge is 0.277 e. The molecule has 0 amide bonds. The van der Waals surface area contributed by atoms with Gasteiger partial charge < -0.3 is 0 Å². The molecule has 0 aliphatic rings. The van der Waals surface area contributed by atoms with Gasteiger partial charge in [-0.05, 0) is 24.1 Å². The number of sulfone groups is 1. The molecule has 0 radical (unpaired) electrons. The van der Waals surface area contributed by atoms with Crippen molar-refractivity contribution in [2.75, 3.05) is 25.0 Å². The summed E-state index contributed by atoms with van der Waals surface area (Å²) in [5.74, 6) is 0. The molecule has 11 heteroatoms. The van der Waals surface area contributed by atoms with Crippen molar-refractivity contribution in [1.29, 1.82) is 0 Å². The minimum absolute atomic E-state index is 0.0772. The highest BCUT2D eigenvalue weighted by molar-refractivity contribution is 7.90. The van der Waals surface area contributed by atoms with Gasteiger partial charge in [0.1, 0.15) is 12.2 Å². The second-order valence-electron chi connectivity index (χ2n) is 6.07. The van der Waals surface area contributed by atoms with Crippen LogP contribution < -0.4 is 10.6 Å². The van der Waals surface area contributed by atoms with Gasteiger partial charge in [-0.15, -0.1) is 0 Å². The zero-order valence-electron chi connectivity index (χ0n) is 15.5. The van der Waals surface area contributed by atoms with Gasteiger partial charge in [0.2, 0.25) is 0 Å². The first kappa shape index (κ1) is 21.9. The van der Waals surface area contributed by atoms with E-state index in [2.05, 4.69) is 5.10 Å². The lowest BCUT2D eigenvalue weighted by molar-refractivity contribution is -0.143. The van der Waals surface area contributed by atoms with Crippen molar-refractivity contribution in [2.45, 2.75) is 31.0 Å². The van der Waals surface area contributed by atoms with Crippen LogP contribution in [0.2, 0.25) is 0 Å². The SMILES string of the molecule is CCCN(OC)c1c(-c2ccc(S(C)(=O)=O)cc2)cnn(CC(F)(F)F)c1=O.